The molecule has 1 aliphatic heterocycles. The lowest BCUT2D eigenvalue weighted by atomic mass is 10.1. The molecule has 2 fully saturated rings. The third-order valence-corrected chi connectivity index (χ3v) is 4.90. The number of nitrogens with one attached hydrogen (secondary N) is 1. The smallest absolute Gasteiger partial charge is 0.178 e. The zero-order valence-corrected chi connectivity index (χ0v) is 11.4. The lowest BCUT2D eigenvalue weighted by Crippen LogP contribution is -2.43. The van der Waals surface area contributed by atoms with Gasteiger partial charge in [-0.1, -0.05) is 0 Å². The number of nitrogen functional groups attached to an aromatic ring is 1. The number of carbonyl (C=O) groups is 1. The normalized spacial score (nSPS) is 19.2. The Kier molecular flexibility index (Phi) is 3.17. The van der Waals surface area contributed by atoms with Gasteiger partial charge in [0.05, 0.1) is 10.6 Å². The van der Waals surface area contributed by atoms with Crippen LogP contribution in [-0.4, -0.2) is 32.0 Å². The van der Waals surface area contributed by atoms with Crippen molar-refractivity contribution in [2.45, 2.75) is 12.8 Å². The molecule has 0 radical (unpaired) electrons. The molecule has 0 aromatic carbocycles. The Balaban J connectivity index is 1.96. The average Bonchev–Trinajstić information content (AvgIpc) is 3.23. The molecule has 1 saturated heterocycles. The van der Waals surface area contributed by atoms with Crippen LogP contribution < -0.4 is 16.0 Å². The summed E-state index contributed by atoms with van der Waals surface area (Å²) in [5.41, 5.74) is 6.88. The maximum absolute atomic E-state index is 12.2. The quantitative estimate of drug-likeness (QED) is 0.811. The molecular formula is C13H16N4OS. The van der Waals surface area contributed by atoms with E-state index in [2.05, 4.69) is 16.3 Å². The molecule has 2 heterocycles. The minimum absolute atomic E-state index is 0.125. The van der Waals surface area contributed by atoms with Gasteiger partial charge < -0.3 is 16.0 Å². The first kappa shape index (κ1) is 12.5. The molecule has 19 heavy (non-hydrogen) atoms. The molecular weight excluding hydrogens is 260 g/mol. The highest BCUT2D eigenvalue weighted by molar-refractivity contribution is 7.19. The molecule has 1 saturated carbocycles. The van der Waals surface area contributed by atoms with Gasteiger partial charge in [-0.05, 0) is 12.8 Å². The van der Waals surface area contributed by atoms with Crippen LogP contribution >= 0.6 is 11.3 Å². The summed E-state index contributed by atoms with van der Waals surface area (Å²) in [6.45, 7) is 3.50. The maximum Gasteiger partial charge on any atom is 0.178 e. The number of nitrogens with zero attached hydrogens (tertiary/aromatic N) is 2. The molecule has 1 aromatic heterocycles. The standard InChI is InChI=1S/C13H16N4OS/c14-7-9-10(15)12(11(18)8-1-2-8)19-13(9)17-5-3-16-4-6-17/h8,16H,1-6,15H2. The molecule has 0 atom stereocenters. The minimum atomic E-state index is 0.125. The predicted molar refractivity (Wildman–Crippen MR) is 75.6 cm³/mol. The summed E-state index contributed by atoms with van der Waals surface area (Å²) in [6.07, 6.45) is 1.92. The summed E-state index contributed by atoms with van der Waals surface area (Å²) in [7, 11) is 0. The van der Waals surface area contributed by atoms with Crippen molar-refractivity contribution in [3.8, 4) is 6.07 Å². The Morgan fingerprint density at radius 1 is 1.42 bits per heavy atom. The number of piperazine rings is 1. The van der Waals surface area contributed by atoms with Gasteiger partial charge in [0.25, 0.3) is 0 Å². The maximum atomic E-state index is 12.2. The number of Topliss-reactive ketones (excluding diaryl/α,β-unsaturated/α-hetero) is 1. The zero-order chi connectivity index (χ0) is 13.4. The van der Waals surface area contributed by atoms with Gasteiger partial charge in [0.1, 0.15) is 16.6 Å². The Morgan fingerprint density at radius 3 is 2.68 bits per heavy atom. The summed E-state index contributed by atoms with van der Waals surface area (Å²) in [5.74, 6) is 0.267. The van der Waals surface area contributed by atoms with E-state index in [1.54, 1.807) is 0 Å². The third kappa shape index (κ3) is 2.20. The Hall–Kier alpha value is -1.58. The summed E-state index contributed by atoms with van der Waals surface area (Å²) in [4.78, 5) is 14.9. The molecule has 5 nitrogen and oxygen atoms in total. The van der Waals surface area contributed by atoms with Crippen LogP contribution in [0.25, 0.3) is 0 Å². The van der Waals surface area contributed by atoms with Gasteiger partial charge in [0, 0.05) is 32.1 Å². The second-order valence-electron chi connectivity index (χ2n) is 5.01. The van der Waals surface area contributed by atoms with Crippen LogP contribution in [0.5, 0.6) is 0 Å². The SMILES string of the molecule is N#Cc1c(N2CCNCC2)sc(C(=O)C2CC2)c1N. The zero-order valence-electron chi connectivity index (χ0n) is 10.6. The minimum Gasteiger partial charge on any atom is -0.396 e. The van der Waals surface area contributed by atoms with Crippen LogP contribution in [0.1, 0.15) is 28.1 Å². The number of thiophene rings is 1. The summed E-state index contributed by atoms with van der Waals surface area (Å²) in [5, 5.41) is 13.4. The van der Waals surface area contributed by atoms with E-state index in [0.29, 0.717) is 16.1 Å². The van der Waals surface area contributed by atoms with E-state index in [1.165, 1.54) is 11.3 Å². The summed E-state index contributed by atoms with van der Waals surface area (Å²) in [6, 6.07) is 2.17. The van der Waals surface area contributed by atoms with Gasteiger partial charge >= 0.3 is 0 Å². The summed E-state index contributed by atoms with van der Waals surface area (Å²) >= 11 is 1.39. The predicted octanol–water partition coefficient (Wildman–Crippen LogP) is 1.20. The lowest BCUT2D eigenvalue weighted by molar-refractivity contribution is 0.0972. The lowest BCUT2D eigenvalue weighted by Gasteiger charge is -2.28. The van der Waals surface area contributed by atoms with Crippen LogP contribution in [0.2, 0.25) is 0 Å². The first-order valence-corrected chi connectivity index (χ1v) is 7.36. The molecule has 0 spiro atoms. The molecule has 2 aliphatic rings. The van der Waals surface area contributed by atoms with E-state index in [1.807, 2.05) is 0 Å². The van der Waals surface area contributed by atoms with Crippen molar-refractivity contribution < 1.29 is 4.79 Å². The van der Waals surface area contributed by atoms with Crippen molar-refractivity contribution in [3.05, 3.63) is 10.4 Å². The number of anilines is 2. The van der Waals surface area contributed by atoms with Crippen LogP contribution in [0, 0.1) is 17.2 Å². The van der Waals surface area contributed by atoms with E-state index >= 15 is 0 Å². The first-order chi connectivity index (χ1) is 9.22. The Bertz CT molecular complexity index is 550. The second kappa shape index (κ2) is 4.83. The topological polar surface area (TPSA) is 82.2 Å². The van der Waals surface area contributed by atoms with Gasteiger partial charge in [-0.15, -0.1) is 11.3 Å². The fourth-order valence-electron chi connectivity index (χ4n) is 2.34. The molecule has 3 N–H and O–H groups in total. The number of hydrogen-bond acceptors (Lipinski definition) is 6. The van der Waals surface area contributed by atoms with Crippen molar-refractivity contribution >= 4 is 27.8 Å². The van der Waals surface area contributed by atoms with Crippen LogP contribution in [0.3, 0.4) is 0 Å². The van der Waals surface area contributed by atoms with Crippen molar-refractivity contribution in [2.24, 2.45) is 5.92 Å². The molecule has 0 amide bonds. The van der Waals surface area contributed by atoms with Crippen LogP contribution in [0.4, 0.5) is 10.7 Å². The number of nitrogens with two attached hydrogens (primary N) is 1. The van der Waals surface area contributed by atoms with E-state index in [4.69, 9.17) is 5.73 Å². The molecule has 0 bridgehead atoms. The Morgan fingerprint density at radius 2 is 2.11 bits per heavy atom. The second-order valence-corrected chi connectivity index (χ2v) is 6.01. The van der Waals surface area contributed by atoms with Crippen LogP contribution in [0.15, 0.2) is 0 Å². The van der Waals surface area contributed by atoms with Gasteiger partial charge in [0.15, 0.2) is 5.78 Å². The number of ketones is 1. The highest BCUT2D eigenvalue weighted by Gasteiger charge is 2.34. The molecule has 6 heteroatoms. The van der Waals surface area contributed by atoms with Crippen molar-refractivity contribution in [2.75, 3.05) is 36.8 Å². The van der Waals surface area contributed by atoms with E-state index in [9.17, 15) is 10.1 Å². The number of rotatable bonds is 3. The van der Waals surface area contributed by atoms with Gasteiger partial charge in [-0.2, -0.15) is 5.26 Å². The average molecular weight is 276 g/mol. The molecule has 1 aliphatic carbocycles. The first-order valence-electron chi connectivity index (χ1n) is 6.54. The van der Waals surface area contributed by atoms with Gasteiger partial charge in [0.2, 0.25) is 0 Å². The fraction of sp³-hybridized carbons (Fsp3) is 0.538. The number of hydrogen-bond donors (Lipinski definition) is 2. The van der Waals surface area contributed by atoms with E-state index in [0.717, 1.165) is 44.0 Å². The number of nitriles is 1. The van der Waals surface area contributed by atoms with Crippen LogP contribution in [-0.2, 0) is 0 Å². The Labute approximate surface area is 116 Å². The van der Waals surface area contributed by atoms with Crippen molar-refractivity contribution in [1.29, 1.82) is 5.26 Å². The highest BCUT2D eigenvalue weighted by Crippen LogP contribution is 2.42. The monoisotopic (exact) mass is 276 g/mol. The van der Waals surface area contributed by atoms with Gasteiger partial charge in [-0.3, -0.25) is 4.79 Å². The molecule has 0 unspecified atom stereocenters. The fourth-order valence-corrected chi connectivity index (χ4v) is 3.59. The summed E-state index contributed by atoms with van der Waals surface area (Å²) < 4.78 is 0. The van der Waals surface area contributed by atoms with E-state index in [-0.39, 0.29) is 11.7 Å². The molecule has 3 rings (SSSR count). The van der Waals surface area contributed by atoms with Crippen molar-refractivity contribution in [1.82, 2.24) is 5.32 Å². The van der Waals surface area contributed by atoms with E-state index < -0.39 is 0 Å². The van der Waals surface area contributed by atoms with Gasteiger partial charge in [-0.25, -0.2) is 0 Å². The highest BCUT2D eigenvalue weighted by atomic mass is 32.1. The number of carbonyl (C=O) groups excluding carboxylic acids is 1. The third-order valence-electron chi connectivity index (χ3n) is 3.61. The largest absolute Gasteiger partial charge is 0.396 e. The van der Waals surface area contributed by atoms with Crippen molar-refractivity contribution in [3.63, 3.8) is 0 Å². The molecule has 100 valence electrons. The molecule has 1 aromatic rings.